The van der Waals surface area contributed by atoms with Gasteiger partial charge in [0.15, 0.2) is 0 Å². The van der Waals surface area contributed by atoms with Crippen molar-refractivity contribution in [1.29, 1.82) is 0 Å². The largest absolute Gasteiger partial charge is 0.497 e. The van der Waals surface area contributed by atoms with Gasteiger partial charge in [0.1, 0.15) is 16.7 Å². The van der Waals surface area contributed by atoms with E-state index in [1.54, 1.807) is 23.8 Å². The average Bonchev–Trinajstić information content (AvgIpc) is 2.70. The van der Waals surface area contributed by atoms with Crippen molar-refractivity contribution in [2.75, 3.05) is 31.0 Å². The number of carbonyl (C=O) groups is 1. The molecule has 150 valence electrons. The molecule has 0 aliphatic carbocycles. The molecular formula is C22H26BrNO3S. The second-order valence-electron chi connectivity index (χ2n) is 6.87. The molecule has 0 radical (unpaired) electrons. The maximum Gasteiger partial charge on any atom is 0.244 e. The molecule has 1 atom stereocenters. The van der Waals surface area contributed by atoms with Crippen LogP contribution in [0.4, 0.5) is 5.69 Å². The Hall–Kier alpha value is -1.66. The first-order valence-electron chi connectivity index (χ1n) is 9.46. The van der Waals surface area contributed by atoms with Crippen molar-refractivity contribution in [1.82, 2.24) is 0 Å². The maximum absolute atomic E-state index is 13.1. The van der Waals surface area contributed by atoms with Crippen LogP contribution >= 0.6 is 27.7 Å². The number of amides is 1. The first-order chi connectivity index (χ1) is 13.5. The minimum Gasteiger partial charge on any atom is -0.497 e. The molecular weight excluding hydrogens is 438 g/mol. The number of thioether (sulfide) groups is 1. The highest BCUT2D eigenvalue weighted by atomic mass is 79.9. The van der Waals surface area contributed by atoms with E-state index in [1.165, 1.54) is 5.56 Å². The number of ether oxygens (including phenoxy) is 2. The third-order valence-corrected chi connectivity index (χ3v) is 6.64. The molecule has 1 aliphatic rings. The normalized spacial score (nSPS) is 16.1. The van der Waals surface area contributed by atoms with Gasteiger partial charge in [0.25, 0.3) is 0 Å². The van der Waals surface area contributed by atoms with Gasteiger partial charge in [-0.05, 0) is 62.1 Å². The number of fused-ring (bicyclic) bond motifs is 1. The fraction of sp³-hybridized carbons (Fsp3) is 0.409. The zero-order chi connectivity index (χ0) is 20.1. The van der Waals surface area contributed by atoms with Gasteiger partial charge in [-0.25, -0.2) is 0 Å². The number of hydrogen-bond acceptors (Lipinski definition) is 4. The number of aryl methyl sites for hydroxylation is 1. The Balaban J connectivity index is 1.89. The lowest BCUT2D eigenvalue weighted by molar-refractivity contribution is -0.118. The van der Waals surface area contributed by atoms with Crippen LogP contribution in [0.3, 0.4) is 0 Å². The number of methoxy groups -OCH3 is 1. The molecule has 2 aromatic carbocycles. The maximum atomic E-state index is 13.1. The third-order valence-electron chi connectivity index (χ3n) is 4.81. The molecule has 1 heterocycles. The van der Waals surface area contributed by atoms with Crippen molar-refractivity contribution in [3.63, 3.8) is 0 Å². The highest BCUT2D eigenvalue weighted by Crippen LogP contribution is 2.49. The molecule has 2 aromatic rings. The Bertz CT molecular complexity index is 843. The Morgan fingerprint density at radius 2 is 1.96 bits per heavy atom. The first kappa shape index (κ1) is 21.1. The Labute approximate surface area is 179 Å². The highest BCUT2D eigenvalue weighted by molar-refractivity contribution is 9.09. The van der Waals surface area contributed by atoms with E-state index in [0.717, 1.165) is 52.2 Å². The lowest BCUT2D eigenvalue weighted by Gasteiger charge is -2.32. The lowest BCUT2D eigenvalue weighted by atomic mass is 10.1. The molecule has 1 aliphatic heterocycles. The molecule has 1 amide bonds. The van der Waals surface area contributed by atoms with Gasteiger partial charge in [0.2, 0.25) is 5.91 Å². The molecule has 0 bridgehead atoms. The van der Waals surface area contributed by atoms with E-state index in [2.05, 4.69) is 28.9 Å². The molecule has 0 saturated heterocycles. The van der Waals surface area contributed by atoms with Crippen LogP contribution < -0.4 is 14.4 Å². The summed E-state index contributed by atoms with van der Waals surface area (Å²) in [4.78, 5) is 16.0. The minimum absolute atomic E-state index is 0.0544. The number of anilines is 1. The minimum atomic E-state index is -0.355. The van der Waals surface area contributed by atoms with Gasteiger partial charge in [0.05, 0.1) is 19.4 Å². The van der Waals surface area contributed by atoms with Crippen molar-refractivity contribution < 1.29 is 14.3 Å². The van der Waals surface area contributed by atoms with Gasteiger partial charge in [-0.15, -0.1) is 11.8 Å². The van der Waals surface area contributed by atoms with Gasteiger partial charge >= 0.3 is 0 Å². The van der Waals surface area contributed by atoms with Crippen LogP contribution in [0.1, 0.15) is 35.6 Å². The zero-order valence-electron chi connectivity index (χ0n) is 16.5. The van der Waals surface area contributed by atoms with Gasteiger partial charge in [-0.3, -0.25) is 4.79 Å². The highest BCUT2D eigenvalue weighted by Gasteiger charge is 2.34. The number of unbranched alkanes of at least 4 members (excludes halogenated alkanes) is 2. The topological polar surface area (TPSA) is 38.8 Å². The number of likely N-dealkylation sites (N-methyl/N-ethyl adjacent to an activating group) is 1. The van der Waals surface area contributed by atoms with Gasteiger partial charge in [0, 0.05) is 22.8 Å². The van der Waals surface area contributed by atoms with Crippen LogP contribution in [0.25, 0.3) is 0 Å². The predicted octanol–water partition coefficient (Wildman–Crippen LogP) is 5.76. The molecule has 6 heteroatoms. The van der Waals surface area contributed by atoms with E-state index in [1.807, 2.05) is 37.4 Å². The third kappa shape index (κ3) is 4.66. The number of carbonyl (C=O) groups excluding carboxylic acids is 1. The molecule has 4 nitrogen and oxygen atoms in total. The molecule has 0 saturated carbocycles. The average molecular weight is 464 g/mol. The number of rotatable bonds is 8. The van der Waals surface area contributed by atoms with Crippen molar-refractivity contribution in [3.8, 4) is 11.5 Å². The summed E-state index contributed by atoms with van der Waals surface area (Å²) in [5.74, 6) is 1.54. The van der Waals surface area contributed by atoms with Crippen molar-refractivity contribution in [3.05, 3.63) is 47.5 Å². The first-order valence-corrected chi connectivity index (χ1v) is 11.5. The van der Waals surface area contributed by atoms with E-state index in [4.69, 9.17) is 9.47 Å². The smallest absolute Gasteiger partial charge is 0.244 e. The summed E-state index contributed by atoms with van der Waals surface area (Å²) < 4.78 is 11.5. The quantitative estimate of drug-likeness (QED) is 0.368. The van der Waals surface area contributed by atoms with E-state index in [0.29, 0.717) is 6.61 Å². The van der Waals surface area contributed by atoms with Crippen molar-refractivity contribution in [2.24, 2.45) is 0 Å². The molecule has 0 aromatic heterocycles. The summed E-state index contributed by atoms with van der Waals surface area (Å²) in [5.41, 5.74) is 3.01. The van der Waals surface area contributed by atoms with E-state index in [9.17, 15) is 4.79 Å². The molecule has 0 fully saturated rings. The number of halogens is 1. The van der Waals surface area contributed by atoms with Crippen molar-refractivity contribution >= 4 is 39.3 Å². The number of hydrogen-bond donors (Lipinski definition) is 0. The molecule has 0 N–H and O–H groups in total. The Morgan fingerprint density at radius 3 is 2.71 bits per heavy atom. The lowest BCUT2D eigenvalue weighted by Crippen LogP contribution is -2.34. The molecule has 1 unspecified atom stereocenters. The Kier molecular flexibility index (Phi) is 7.30. The van der Waals surface area contributed by atoms with Crippen LogP contribution in [0, 0.1) is 6.92 Å². The second kappa shape index (κ2) is 9.70. The van der Waals surface area contributed by atoms with Crippen molar-refractivity contribution in [2.45, 2.75) is 36.3 Å². The van der Waals surface area contributed by atoms with E-state index >= 15 is 0 Å². The van der Waals surface area contributed by atoms with Crippen LogP contribution in [0.5, 0.6) is 11.5 Å². The predicted molar refractivity (Wildman–Crippen MR) is 119 cm³/mol. The summed E-state index contributed by atoms with van der Waals surface area (Å²) >= 11 is 5.04. The van der Waals surface area contributed by atoms with Gasteiger partial charge in [-0.1, -0.05) is 22.0 Å². The summed E-state index contributed by atoms with van der Waals surface area (Å²) in [6.45, 7) is 2.71. The van der Waals surface area contributed by atoms with E-state index < -0.39 is 0 Å². The van der Waals surface area contributed by atoms with Gasteiger partial charge in [-0.2, -0.15) is 0 Å². The standard InChI is InChI=1S/C22H26BrNO3S/c1-15-7-9-18-20(13-15)28-21(22(25)24(18)2)17-14-16(26-3)8-10-19(17)27-12-6-4-5-11-23/h7-10,13-14,21H,4-6,11-12H2,1-3H3. The van der Waals surface area contributed by atoms with Crippen LogP contribution in [0.2, 0.25) is 0 Å². The SMILES string of the molecule is COc1ccc(OCCCCCBr)c(C2Sc3cc(C)ccc3N(C)C2=O)c1. The van der Waals surface area contributed by atoms with Crippen LogP contribution in [0.15, 0.2) is 41.3 Å². The van der Waals surface area contributed by atoms with Gasteiger partial charge < -0.3 is 14.4 Å². The number of alkyl halides is 1. The summed E-state index contributed by atoms with van der Waals surface area (Å²) in [5, 5.41) is 0.658. The fourth-order valence-electron chi connectivity index (χ4n) is 3.21. The van der Waals surface area contributed by atoms with Crippen LogP contribution in [-0.4, -0.2) is 32.0 Å². The summed E-state index contributed by atoms with van der Waals surface area (Å²) in [6.07, 6.45) is 3.24. The molecule has 3 rings (SSSR count). The van der Waals surface area contributed by atoms with Crippen LogP contribution in [-0.2, 0) is 4.79 Å². The van der Waals surface area contributed by atoms with E-state index in [-0.39, 0.29) is 11.2 Å². The fourth-order valence-corrected chi connectivity index (χ4v) is 5.01. The summed E-state index contributed by atoms with van der Waals surface area (Å²) in [7, 11) is 3.48. The monoisotopic (exact) mass is 463 g/mol. The molecule has 0 spiro atoms. The number of nitrogens with zero attached hydrogens (tertiary/aromatic N) is 1. The zero-order valence-corrected chi connectivity index (χ0v) is 18.9. The molecule has 28 heavy (non-hydrogen) atoms. The second-order valence-corrected chi connectivity index (χ2v) is 8.81. The number of benzene rings is 2. The Morgan fingerprint density at radius 1 is 1.14 bits per heavy atom. The summed E-state index contributed by atoms with van der Waals surface area (Å²) in [6, 6.07) is 11.9.